The molecule has 0 aliphatic carbocycles. The zero-order valence-electron chi connectivity index (χ0n) is 12.4. The standard InChI is InChI=1S/C16H14ClN3O3S/c17-12-3-1-11(2-4-12)16-19-13(10-21)9-20(16)14-5-7-15(8-6-14)24(18,22)23/h1-9,21H,10H2,(H2,18,22,23). The number of hydrogen-bond donors (Lipinski definition) is 2. The molecule has 3 aromatic rings. The maximum Gasteiger partial charge on any atom is 0.238 e. The van der Waals surface area contributed by atoms with Crippen molar-refractivity contribution < 1.29 is 13.5 Å². The van der Waals surface area contributed by atoms with Crippen LogP contribution >= 0.6 is 11.6 Å². The summed E-state index contributed by atoms with van der Waals surface area (Å²) < 4.78 is 24.5. The molecule has 2 aromatic carbocycles. The van der Waals surface area contributed by atoms with Gasteiger partial charge in [-0.15, -0.1) is 0 Å². The molecule has 1 heterocycles. The number of aromatic nitrogens is 2. The van der Waals surface area contributed by atoms with Crippen LogP contribution in [0, 0.1) is 0 Å². The van der Waals surface area contributed by atoms with Crippen molar-refractivity contribution in [1.82, 2.24) is 9.55 Å². The zero-order chi connectivity index (χ0) is 17.3. The second-order valence-electron chi connectivity index (χ2n) is 5.13. The minimum Gasteiger partial charge on any atom is -0.390 e. The first-order chi connectivity index (χ1) is 11.4. The Hall–Kier alpha value is -2.19. The number of aliphatic hydroxyl groups excluding tert-OH is 1. The Labute approximate surface area is 144 Å². The molecule has 8 heteroatoms. The van der Waals surface area contributed by atoms with E-state index in [1.807, 2.05) is 12.1 Å². The van der Waals surface area contributed by atoms with Crippen molar-refractivity contribution in [2.24, 2.45) is 5.14 Å². The molecule has 0 aliphatic heterocycles. The molecular formula is C16H14ClN3O3S. The molecule has 0 saturated heterocycles. The fraction of sp³-hybridized carbons (Fsp3) is 0.0625. The number of aliphatic hydroxyl groups is 1. The Morgan fingerprint density at radius 2 is 1.71 bits per heavy atom. The SMILES string of the molecule is NS(=O)(=O)c1ccc(-n2cc(CO)nc2-c2ccc(Cl)cc2)cc1. The van der Waals surface area contributed by atoms with E-state index in [2.05, 4.69) is 4.98 Å². The van der Waals surface area contributed by atoms with E-state index in [1.165, 1.54) is 12.1 Å². The van der Waals surface area contributed by atoms with E-state index in [4.69, 9.17) is 16.7 Å². The summed E-state index contributed by atoms with van der Waals surface area (Å²) in [6, 6.07) is 13.2. The third kappa shape index (κ3) is 3.34. The van der Waals surface area contributed by atoms with Crippen LogP contribution in [-0.4, -0.2) is 23.1 Å². The van der Waals surface area contributed by atoms with Crippen molar-refractivity contribution in [2.75, 3.05) is 0 Å². The van der Waals surface area contributed by atoms with E-state index in [0.717, 1.165) is 5.56 Å². The highest BCUT2D eigenvalue weighted by Gasteiger charge is 2.13. The van der Waals surface area contributed by atoms with Crippen LogP contribution in [0.25, 0.3) is 17.1 Å². The molecule has 3 N–H and O–H groups in total. The van der Waals surface area contributed by atoms with E-state index in [1.54, 1.807) is 35.0 Å². The summed E-state index contributed by atoms with van der Waals surface area (Å²) in [4.78, 5) is 4.43. The molecule has 3 rings (SSSR count). The van der Waals surface area contributed by atoms with Gasteiger partial charge in [0.1, 0.15) is 5.82 Å². The fourth-order valence-corrected chi connectivity index (χ4v) is 2.94. The molecule has 0 atom stereocenters. The van der Waals surface area contributed by atoms with E-state index >= 15 is 0 Å². The third-order valence-electron chi connectivity index (χ3n) is 3.46. The van der Waals surface area contributed by atoms with Gasteiger partial charge in [-0.3, -0.25) is 4.57 Å². The van der Waals surface area contributed by atoms with Crippen molar-refractivity contribution >= 4 is 21.6 Å². The van der Waals surface area contributed by atoms with Gasteiger partial charge in [-0.25, -0.2) is 18.5 Å². The fourth-order valence-electron chi connectivity index (χ4n) is 2.30. The molecule has 0 bridgehead atoms. The first-order valence-electron chi connectivity index (χ1n) is 6.97. The topological polar surface area (TPSA) is 98.2 Å². The van der Waals surface area contributed by atoms with Crippen molar-refractivity contribution in [3.05, 3.63) is 65.4 Å². The summed E-state index contributed by atoms with van der Waals surface area (Å²) >= 11 is 5.91. The van der Waals surface area contributed by atoms with Crippen LogP contribution < -0.4 is 5.14 Å². The van der Waals surface area contributed by atoms with E-state index in [0.29, 0.717) is 22.2 Å². The minimum absolute atomic E-state index is 0.0294. The Morgan fingerprint density at radius 3 is 2.25 bits per heavy atom. The number of halogens is 1. The van der Waals surface area contributed by atoms with Gasteiger partial charge >= 0.3 is 0 Å². The molecule has 0 spiro atoms. The molecule has 0 radical (unpaired) electrons. The highest BCUT2D eigenvalue weighted by Crippen LogP contribution is 2.25. The Bertz CT molecular complexity index is 965. The average Bonchev–Trinajstić information content (AvgIpc) is 2.99. The van der Waals surface area contributed by atoms with Crippen molar-refractivity contribution in [1.29, 1.82) is 0 Å². The first kappa shape index (κ1) is 16.7. The lowest BCUT2D eigenvalue weighted by Gasteiger charge is -2.08. The predicted octanol–water partition coefficient (Wildman–Crippen LogP) is 2.33. The lowest BCUT2D eigenvalue weighted by Crippen LogP contribution is -2.12. The van der Waals surface area contributed by atoms with E-state index in [-0.39, 0.29) is 11.5 Å². The molecule has 6 nitrogen and oxygen atoms in total. The average molecular weight is 364 g/mol. The third-order valence-corrected chi connectivity index (χ3v) is 4.64. The normalized spacial score (nSPS) is 11.6. The molecule has 24 heavy (non-hydrogen) atoms. The Balaban J connectivity index is 2.10. The molecular weight excluding hydrogens is 350 g/mol. The van der Waals surface area contributed by atoms with Crippen LogP contribution in [0.2, 0.25) is 5.02 Å². The van der Waals surface area contributed by atoms with Crippen LogP contribution in [0.1, 0.15) is 5.69 Å². The number of nitrogens with zero attached hydrogens (tertiary/aromatic N) is 2. The smallest absolute Gasteiger partial charge is 0.238 e. The summed E-state index contributed by atoms with van der Waals surface area (Å²) in [7, 11) is -3.75. The van der Waals surface area contributed by atoms with Gasteiger partial charge in [0.2, 0.25) is 10.0 Å². The zero-order valence-corrected chi connectivity index (χ0v) is 14.0. The van der Waals surface area contributed by atoms with Crippen LogP contribution in [0.5, 0.6) is 0 Å². The molecule has 0 aliphatic rings. The lowest BCUT2D eigenvalue weighted by atomic mass is 10.2. The van der Waals surface area contributed by atoms with Gasteiger partial charge < -0.3 is 5.11 Å². The van der Waals surface area contributed by atoms with Crippen LogP contribution in [0.3, 0.4) is 0 Å². The quantitative estimate of drug-likeness (QED) is 0.743. The molecule has 0 unspecified atom stereocenters. The number of primary sulfonamides is 1. The number of sulfonamides is 1. The van der Waals surface area contributed by atoms with Gasteiger partial charge in [0.25, 0.3) is 0 Å². The van der Waals surface area contributed by atoms with Crippen LogP contribution in [0.4, 0.5) is 0 Å². The second-order valence-corrected chi connectivity index (χ2v) is 7.13. The number of hydrogen-bond acceptors (Lipinski definition) is 4. The number of imidazole rings is 1. The molecule has 0 amide bonds. The van der Waals surface area contributed by atoms with Crippen LogP contribution in [0.15, 0.2) is 59.6 Å². The number of nitrogens with two attached hydrogens (primary N) is 1. The van der Waals surface area contributed by atoms with Crippen molar-refractivity contribution in [2.45, 2.75) is 11.5 Å². The van der Waals surface area contributed by atoms with Crippen molar-refractivity contribution in [3.63, 3.8) is 0 Å². The predicted molar refractivity (Wildman–Crippen MR) is 91.3 cm³/mol. The van der Waals surface area contributed by atoms with Gasteiger partial charge in [-0.05, 0) is 48.5 Å². The van der Waals surface area contributed by atoms with Gasteiger partial charge in [-0.2, -0.15) is 0 Å². The maximum absolute atomic E-state index is 11.4. The summed E-state index contributed by atoms with van der Waals surface area (Å²) in [5.74, 6) is 0.610. The summed E-state index contributed by atoms with van der Waals surface area (Å²) in [5.41, 5.74) is 2.00. The van der Waals surface area contributed by atoms with Gasteiger partial charge in [0.15, 0.2) is 0 Å². The van der Waals surface area contributed by atoms with Gasteiger partial charge in [-0.1, -0.05) is 11.6 Å². The number of rotatable bonds is 4. The van der Waals surface area contributed by atoms with E-state index in [9.17, 15) is 13.5 Å². The molecule has 0 fully saturated rings. The Kier molecular flexibility index (Phi) is 4.42. The lowest BCUT2D eigenvalue weighted by molar-refractivity contribution is 0.277. The number of benzene rings is 2. The second kappa shape index (κ2) is 6.37. The van der Waals surface area contributed by atoms with Gasteiger partial charge in [0, 0.05) is 22.5 Å². The highest BCUT2D eigenvalue weighted by molar-refractivity contribution is 7.89. The minimum atomic E-state index is -3.75. The summed E-state index contributed by atoms with van der Waals surface area (Å²) in [6.45, 7) is -0.206. The van der Waals surface area contributed by atoms with E-state index < -0.39 is 10.0 Å². The molecule has 0 saturated carbocycles. The largest absolute Gasteiger partial charge is 0.390 e. The summed E-state index contributed by atoms with van der Waals surface area (Å²) in [5, 5.41) is 15.1. The molecule has 124 valence electrons. The van der Waals surface area contributed by atoms with Crippen LogP contribution in [-0.2, 0) is 16.6 Å². The maximum atomic E-state index is 11.4. The highest BCUT2D eigenvalue weighted by atomic mass is 35.5. The summed E-state index contributed by atoms with van der Waals surface area (Å²) in [6.07, 6.45) is 1.69. The van der Waals surface area contributed by atoms with Crippen molar-refractivity contribution in [3.8, 4) is 17.1 Å². The van der Waals surface area contributed by atoms with Gasteiger partial charge in [0.05, 0.1) is 17.2 Å². The Morgan fingerprint density at radius 1 is 1.08 bits per heavy atom. The molecule has 1 aromatic heterocycles. The first-order valence-corrected chi connectivity index (χ1v) is 8.89. The monoisotopic (exact) mass is 363 g/mol.